The Morgan fingerprint density at radius 3 is 2.75 bits per heavy atom. The zero-order valence-electron chi connectivity index (χ0n) is 11.1. The molecule has 0 saturated carbocycles. The fourth-order valence-electron chi connectivity index (χ4n) is 4.10. The van der Waals surface area contributed by atoms with Crippen LogP contribution in [0.25, 0.3) is 10.8 Å². The third-order valence-corrected chi connectivity index (χ3v) is 4.98. The Hall–Kier alpha value is -1.97. The van der Waals surface area contributed by atoms with Gasteiger partial charge >= 0.3 is 0 Å². The van der Waals surface area contributed by atoms with Crippen LogP contribution in [0.15, 0.2) is 16.9 Å². The number of nitrogens with zero attached hydrogens (tertiary/aromatic N) is 1. The SMILES string of the molecule is O=c1c2cc3c(cc2c2c4n1CCC4CCC2)OCO3. The fourth-order valence-corrected chi connectivity index (χ4v) is 4.10. The largest absolute Gasteiger partial charge is 0.454 e. The molecule has 0 bridgehead atoms. The topological polar surface area (TPSA) is 40.5 Å². The molecule has 5 rings (SSSR count). The molecule has 0 fully saturated rings. The number of benzene rings is 1. The van der Waals surface area contributed by atoms with Crippen LogP contribution in [0.3, 0.4) is 0 Å². The van der Waals surface area contributed by atoms with Crippen molar-refractivity contribution in [1.82, 2.24) is 4.57 Å². The van der Waals surface area contributed by atoms with Crippen molar-refractivity contribution in [3.63, 3.8) is 0 Å². The van der Waals surface area contributed by atoms with Crippen molar-refractivity contribution in [2.45, 2.75) is 38.1 Å². The van der Waals surface area contributed by atoms with Crippen molar-refractivity contribution in [1.29, 1.82) is 0 Å². The van der Waals surface area contributed by atoms with Gasteiger partial charge in [0.2, 0.25) is 6.79 Å². The summed E-state index contributed by atoms with van der Waals surface area (Å²) < 4.78 is 12.9. The van der Waals surface area contributed by atoms with E-state index >= 15 is 0 Å². The molecule has 0 saturated heterocycles. The van der Waals surface area contributed by atoms with Gasteiger partial charge in [-0.05, 0) is 48.8 Å². The van der Waals surface area contributed by atoms with E-state index in [2.05, 4.69) is 0 Å². The maximum atomic E-state index is 12.7. The van der Waals surface area contributed by atoms with Gasteiger partial charge in [0.15, 0.2) is 11.5 Å². The predicted octanol–water partition coefficient (Wildman–Crippen LogP) is 2.55. The number of aryl methyl sites for hydroxylation is 1. The van der Waals surface area contributed by atoms with Gasteiger partial charge in [-0.3, -0.25) is 4.79 Å². The molecule has 0 radical (unpaired) electrons. The van der Waals surface area contributed by atoms with E-state index in [1.165, 1.54) is 24.1 Å². The van der Waals surface area contributed by atoms with E-state index in [4.69, 9.17) is 9.47 Å². The molecule has 1 aromatic carbocycles. The number of hydrogen-bond acceptors (Lipinski definition) is 3. The summed E-state index contributed by atoms with van der Waals surface area (Å²) in [5.74, 6) is 2.06. The number of hydrogen-bond donors (Lipinski definition) is 0. The van der Waals surface area contributed by atoms with E-state index in [9.17, 15) is 4.79 Å². The Balaban J connectivity index is 1.95. The highest BCUT2D eigenvalue weighted by molar-refractivity contribution is 5.89. The lowest BCUT2D eigenvalue weighted by atomic mass is 9.84. The monoisotopic (exact) mass is 269 g/mol. The molecule has 2 aromatic rings. The Bertz CT molecular complexity index is 806. The van der Waals surface area contributed by atoms with E-state index < -0.39 is 0 Å². The van der Waals surface area contributed by atoms with Crippen LogP contribution in [0.2, 0.25) is 0 Å². The molecule has 4 heteroatoms. The van der Waals surface area contributed by atoms with E-state index in [1.54, 1.807) is 0 Å². The molecule has 0 spiro atoms. The van der Waals surface area contributed by atoms with Crippen LogP contribution in [0, 0.1) is 0 Å². The molecule has 102 valence electrons. The molecule has 2 aliphatic heterocycles. The number of fused-ring (bicyclic) bond motifs is 3. The van der Waals surface area contributed by atoms with Gasteiger partial charge < -0.3 is 14.0 Å². The van der Waals surface area contributed by atoms with Gasteiger partial charge in [0, 0.05) is 18.2 Å². The molecule has 1 aromatic heterocycles. The first-order valence-electron chi connectivity index (χ1n) is 7.32. The molecule has 20 heavy (non-hydrogen) atoms. The second-order valence-electron chi connectivity index (χ2n) is 5.95. The zero-order chi connectivity index (χ0) is 13.3. The quantitative estimate of drug-likeness (QED) is 0.738. The second kappa shape index (κ2) is 3.57. The number of ether oxygens (including phenoxy) is 2. The van der Waals surface area contributed by atoms with Gasteiger partial charge in [0.25, 0.3) is 5.56 Å². The lowest BCUT2D eigenvalue weighted by Gasteiger charge is -2.23. The third-order valence-electron chi connectivity index (χ3n) is 4.98. The second-order valence-corrected chi connectivity index (χ2v) is 5.95. The average Bonchev–Trinajstić information content (AvgIpc) is 3.10. The third kappa shape index (κ3) is 1.20. The molecule has 4 nitrogen and oxygen atoms in total. The minimum absolute atomic E-state index is 0.140. The first-order chi connectivity index (χ1) is 9.83. The summed E-state index contributed by atoms with van der Waals surface area (Å²) in [5.41, 5.74) is 2.81. The molecular weight excluding hydrogens is 254 g/mol. The van der Waals surface area contributed by atoms with Crippen molar-refractivity contribution in [3.8, 4) is 11.5 Å². The molecular formula is C16H15NO3. The summed E-state index contributed by atoms with van der Waals surface area (Å²) in [6.45, 7) is 1.13. The summed E-state index contributed by atoms with van der Waals surface area (Å²) in [4.78, 5) is 12.7. The minimum atomic E-state index is 0.140. The first kappa shape index (κ1) is 10.8. The number of rotatable bonds is 0. The van der Waals surface area contributed by atoms with E-state index in [1.807, 2.05) is 16.7 Å². The first-order valence-corrected chi connectivity index (χ1v) is 7.32. The van der Waals surface area contributed by atoms with Crippen molar-refractivity contribution in [2.24, 2.45) is 0 Å². The van der Waals surface area contributed by atoms with Gasteiger partial charge in [-0.2, -0.15) is 0 Å². The Kier molecular flexibility index (Phi) is 1.92. The van der Waals surface area contributed by atoms with E-state index in [0.29, 0.717) is 11.7 Å². The van der Waals surface area contributed by atoms with Gasteiger partial charge in [0.05, 0.1) is 5.39 Å². The van der Waals surface area contributed by atoms with Crippen LogP contribution in [0.5, 0.6) is 11.5 Å². The molecule has 1 aliphatic carbocycles. The molecule has 3 heterocycles. The lowest BCUT2D eigenvalue weighted by molar-refractivity contribution is 0.174. The summed E-state index contributed by atoms with van der Waals surface area (Å²) in [7, 11) is 0. The van der Waals surface area contributed by atoms with Crippen LogP contribution < -0.4 is 15.0 Å². The van der Waals surface area contributed by atoms with E-state index in [-0.39, 0.29) is 12.4 Å². The van der Waals surface area contributed by atoms with Crippen molar-refractivity contribution in [3.05, 3.63) is 33.7 Å². The Morgan fingerprint density at radius 1 is 1.10 bits per heavy atom. The highest BCUT2D eigenvalue weighted by Gasteiger charge is 2.32. The fraction of sp³-hybridized carbons (Fsp3) is 0.438. The van der Waals surface area contributed by atoms with Gasteiger partial charge in [0.1, 0.15) is 0 Å². The van der Waals surface area contributed by atoms with Crippen LogP contribution in [-0.2, 0) is 13.0 Å². The van der Waals surface area contributed by atoms with Crippen molar-refractivity contribution in [2.75, 3.05) is 6.79 Å². The predicted molar refractivity (Wildman–Crippen MR) is 74.6 cm³/mol. The van der Waals surface area contributed by atoms with Crippen LogP contribution in [0.1, 0.15) is 36.4 Å². The number of pyridine rings is 1. The van der Waals surface area contributed by atoms with Crippen LogP contribution in [0.4, 0.5) is 0 Å². The summed E-state index contributed by atoms with van der Waals surface area (Å²) >= 11 is 0. The van der Waals surface area contributed by atoms with Crippen molar-refractivity contribution >= 4 is 10.8 Å². The highest BCUT2D eigenvalue weighted by Crippen LogP contribution is 2.43. The minimum Gasteiger partial charge on any atom is -0.454 e. The molecule has 1 unspecified atom stereocenters. The Labute approximate surface area is 115 Å². The average molecular weight is 269 g/mol. The highest BCUT2D eigenvalue weighted by atomic mass is 16.7. The molecule has 3 aliphatic rings. The molecule has 0 amide bonds. The lowest BCUT2D eigenvalue weighted by Crippen LogP contribution is -2.23. The van der Waals surface area contributed by atoms with Gasteiger partial charge in [-0.15, -0.1) is 0 Å². The number of aromatic nitrogens is 1. The van der Waals surface area contributed by atoms with Gasteiger partial charge in [-0.25, -0.2) is 0 Å². The normalized spacial score (nSPS) is 22.3. The standard InChI is InChI=1S/C16H15NO3/c18-16-12-7-14-13(19-8-20-14)6-11(12)10-3-1-2-9-4-5-17(16)15(9)10/h6-7,9H,1-5,8H2. The zero-order valence-corrected chi connectivity index (χ0v) is 11.1. The van der Waals surface area contributed by atoms with Crippen LogP contribution in [-0.4, -0.2) is 11.4 Å². The van der Waals surface area contributed by atoms with E-state index in [0.717, 1.165) is 35.9 Å². The maximum Gasteiger partial charge on any atom is 0.258 e. The summed E-state index contributed by atoms with van der Waals surface area (Å²) in [5, 5.41) is 1.87. The molecule has 1 atom stereocenters. The maximum absolute atomic E-state index is 12.7. The van der Waals surface area contributed by atoms with Crippen LogP contribution >= 0.6 is 0 Å². The summed E-state index contributed by atoms with van der Waals surface area (Å²) in [6.07, 6.45) is 4.63. The Morgan fingerprint density at radius 2 is 1.90 bits per heavy atom. The smallest absolute Gasteiger partial charge is 0.258 e. The summed E-state index contributed by atoms with van der Waals surface area (Å²) in [6, 6.07) is 3.88. The van der Waals surface area contributed by atoms with Crippen molar-refractivity contribution < 1.29 is 9.47 Å². The molecule has 0 N–H and O–H groups in total. The van der Waals surface area contributed by atoms with Gasteiger partial charge in [-0.1, -0.05) is 0 Å².